The summed E-state index contributed by atoms with van der Waals surface area (Å²) < 4.78 is 5.28. The number of hydrogen-bond acceptors (Lipinski definition) is 3. The van der Waals surface area contributed by atoms with Crippen molar-refractivity contribution in [3.05, 3.63) is 28.8 Å². The molecule has 1 aromatic carbocycles. The van der Waals surface area contributed by atoms with Crippen molar-refractivity contribution >= 4 is 0 Å². The molecule has 0 aliphatic rings. The number of hydrogen-bond donors (Lipinski definition) is 1. The summed E-state index contributed by atoms with van der Waals surface area (Å²) in [7, 11) is 3.70. The van der Waals surface area contributed by atoms with Crippen LogP contribution in [0.3, 0.4) is 0 Å². The fourth-order valence-electron chi connectivity index (χ4n) is 1.78. The van der Waals surface area contributed by atoms with Gasteiger partial charge < -0.3 is 9.84 Å². The molecule has 0 spiro atoms. The van der Waals surface area contributed by atoms with Crippen LogP contribution in [-0.2, 0) is 6.54 Å². The van der Waals surface area contributed by atoms with Crippen LogP contribution in [0, 0.1) is 13.8 Å². The Morgan fingerprint density at radius 1 is 1.25 bits per heavy atom. The van der Waals surface area contributed by atoms with Gasteiger partial charge in [-0.2, -0.15) is 0 Å². The molecule has 0 saturated carbocycles. The Morgan fingerprint density at radius 3 is 2.50 bits per heavy atom. The Morgan fingerprint density at radius 2 is 1.94 bits per heavy atom. The van der Waals surface area contributed by atoms with Crippen molar-refractivity contribution in [1.29, 1.82) is 0 Å². The monoisotopic (exact) mass is 223 g/mol. The quantitative estimate of drug-likeness (QED) is 0.825. The first-order valence-corrected chi connectivity index (χ1v) is 5.52. The van der Waals surface area contributed by atoms with Crippen LogP contribution < -0.4 is 4.74 Å². The predicted molar refractivity (Wildman–Crippen MR) is 65.9 cm³/mol. The smallest absolute Gasteiger partial charge is 0.122 e. The molecule has 0 saturated heterocycles. The zero-order valence-electron chi connectivity index (χ0n) is 10.6. The number of aryl methyl sites for hydroxylation is 2. The van der Waals surface area contributed by atoms with Gasteiger partial charge in [-0.25, -0.2) is 0 Å². The number of rotatable bonds is 5. The Kier molecular flexibility index (Phi) is 4.77. The van der Waals surface area contributed by atoms with Crippen LogP contribution in [0.1, 0.15) is 16.7 Å². The molecule has 0 atom stereocenters. The summed E-state index contributed by atoms with van der Waals surface area (Å²) in [5.74, 6) is 0.936. The lowest BCUT2D eigenvalue weighted by molar-refractivity contribution is 0.217. The first-order valence-electron chi connectivity index (χ1n) is 5.52. The summed E-state index contributed by atoms with van der Waals surface area (Å²) in [4.78, 5) is 2.11. The van der Waals surface area contributed by atoms with E-state index >= 15 is 0 Å². The molecule has 1 N–H and O–H groups in total. The van der Waals surface area contributed by atoms with Gasteiger partial charge in [-0.05, 0) is 43.7 Å². The molecule has 3 nitrogen and oxygen atoms in total. The highest BCUT2D eigenvalue weighted by Crippen LogP contribution is 2.23. The highest BCUT2D eigenvalue weighted by molar-refractivity contribution is 5.41. The maximum atomic E-state index is 8.86. The van der Waals surface area contributed by atoms with Gasteiger partial charge >= 0.3 is 0 Å². The molecule has 0 heterocycles. The number of benzene rings is 1. The minimum atomic E-state index is 0.199. The molecule has 0 aliphatic heterocycles. The normalized spacial score (nSPS) is 10.9. The maximum absolute atomic E-state index is 8.86. The van der Waals surface area contributed by atoms with Crippen molar-refractivity contribution in [3.63, 3.8) is 0 Å². The molecule has 1 rings (SSSR count). The third-order valence-corrected chi connectivity index (χ3v) is 2.78. The highest BCUT2D eigenvalue weighted by Gasteiger charge is 2.06. The number of likely N-dealkylation sites (N-methyl/N-ethyl adjacent to an activating group) is 1. The molecule has 0 bridgehead atoms. The summed E-state index contributed by atoms with van der Waals surface area (Å²) in [5, 5.41) is 8.86. The van der Waals surface area contributed by atoms with Gasteiger partial charge in [0.05, 0.1) is 13.7 Å². The summed E-state index contributed by atoms with van der Waals surface area (Å²) >= 11 is 0. The van der Waals surface area contributed by atoms with E-state index in [9.17, 15) is 0 Å². The molecular weight excluding hydrogens is 202 g/mol. The third-order valence-electron chi connectivity index (χ3n) is 2.78. The number of nitrogens with zero attached hydrogens (tertiary/aromatic N) is 1. The van der Waals surface area contributed by atoms with E-state index in [1.54, 1.807) is 7.11 Å². The van der Waals surface area contributed by atoms with E-state index < -0.39 is 0 Å². The highest BCUT2D eigenvalue weighted by atomic mass is 16.5. The van der Waals surface area contributed by atoms with Gasteiger partial charge in [-0.3, -0.25) is 4.90 Å². The topological polar surface area (TPSA) is 32.7 Å². The number of ether oxygens (including phenoxy) is 1. The molecule has 0 amide bonds. The number of aliphatic hydroxyl groups is 1. The first-order chi connectivity index (χ1) is 7.58. The van der Waals surface area contributed by atoms with Crippen LogP contribution in [0.15, 0.2) is 12.1 Å². The zero-order chi connectivity index (χ0) is 12.1. The van der Waals surface area contributed by atoms with Gasteiger partial charge in [0.1, 0.15) is 5.75 Å². The Hall–Kier alpha value is -1.06. The number of aliphatic hydroxyl groups excluding tert-OH is 1. The summed E-state index contributed by atoms with van der Waals surface area (Å²) in [5.41, 5.74) is 3.67. The lowest BCUT2D eigenvalue weighted by Gasteiger charge is -2.18. The fraction of sp³-hybridized carbons (Fsp3) is 0.538. The molecule has 1 aromatic rings. The summed E-state index contributed by atoms with van der Waals surface area (Å²) in [6, 6.07) is 4.22. The molecule has 0 aromatic heterocycles. The van der Waals surface area contributed by atoms with Gasteiger partial charge in [-0.15, -0.1) is 0 Å². The van der Waals surface area contributed by atoms with Crippen LogP contribution in [-0.4, -0.2) is 37.3 Å². The second-order valence-electron chi connectivity index (χ2n) is 4.21. The van der Waals surface area contributed by atoms with E-state index in [4.69, 9.17) is 9.84 Å². The van der Waals surface area contributed by atoms with E-state index in [0.717, 1.165) is 17.9 Å². The summed E-state index contributed by atoms with van der Waals surface area (Å²) in [6.07, 6.45) is 0. The first kappa shape index (κ1) is 13.0. The van der Waals surface area contributed by atoms with E-state index in [1.807, 2.05) is 14.0 Å². The molecule has 90 valence electrons. The third kappa shape index (κ3) is 3.22. The minimum absolute atomic E-state index is 0.199. The van der Waals surface area contributed by atoms with Gasteiger partial charge in [-0.1, -0.05) is 6.07 Å². The molecule has 0 aliphatic carbocycles. The fourth-order valence-corrected chi connectivity index (χ4v) is 1.78. The van der Waals surface area contributed by atoms with E-state index in [1.165, 1.54) is 11.1 Å². The summed E-state index contributed by atoms with van der Waals surface area (Å²) in [6.45, 7) is 5.89. The van der Waals surface area contributed by atoms with Crippen molar-refractivity contribution in [2.45, 2.75) is 20.4 Å². The lowest BCUT2D eigenvalue weighted by Crippen LogP contribution is -2.22. The average molecular weight is 223 g/mol. The Bertz CT molecular complexity index is 350. The van der Waals surface area contributed by atoms with Crippen molar-refractivity contribution in [1.82, 2.24) is 4.90 Å². The average Bonchev–Trinajstić information content (AvgIpc) is 2.23. The second kappa shape index (κ2) is 5.87. The standard InChI is InChI=1S/C13H21NO2/c1-10-8-13(16-4)11(2)7-12(10)9-14(3)5-6-15/h7-8,15H,5-6,9H2,1-4H3. The van der Waals surface area contributed by atoms with E-state index in [2.05, 4.69) is 24.0 Å². The second-order valence-corrected chi connectivity index (χ2v) is 4.21. The van der Waals surface area contributed by atoms with Crippen LogP contribution >= 0.6 is 0 Å². The van der Waals surface area contributed by atoms with Crippen molar-refractivity contribution in [3.8, 4) is 5.75 Å². The molecule has 16 heavy (non-hydrogen) atoms. The van der Waals surface area contributed by atoms with Gasteiger partial charge in [0.15, 0.2) is 0 Å². The molecule has 3 heteroatoms. The lowest BCUT2D eigenvalue weighted by atomic mass is 10.0. The van der Waals surface area contributed by atoms with Crippen molar-refractivity contribution < 1.29 is 9.84 Å². The minimum Gasteiger partial charge on any atom is -0.496 e. The largest absolute Gasteiger partial charge is 0.496 e. The maximum Gasteiger partial charge on any atom is 0.122 e. The van der Waals surface area contributed by atoms with Gasteiger partial charge in [0.25, 0.3) is 0 Å². The van der Waals surface area contributed by atoms with Crippen LogP contribution in [0.4, 0.5) is 0 Å². The van der Waals surface area contributed by atoms with Crippen molar-refractivity contribution in [2.75, 3.05) is 27.3 Å². The molecule has 0 unspecified atom stereocenters. The van der Waals surface area contributed by atoms with E-state index in [-0.39, 0.29) is 6.61 Å². The van der Waals surface area contributed by atoms with Crippen molar-refractivity contribution in [2.24, 2.45) is 0 Å². The van der Waals surface area contributed by atoms with Crippen LogP contribution in [0.5, 0.6) is 5.75 Å². The van der Waals surface area contributed by atoms with Crippen LogP contribution in [0.25, 0.3) is 0 Å². The number of methoxy groups -OCH3 is 1. The van der Waals surface area contributed by atoms with Gasteiger partial charge in [0, 0.05) is 13.1 Å². The molecular formula is C13H21NO2. The van der Waals surface area contributed by atoms with Gasteiger partial charge in [0.2, 0.25) is 0 Å². The molecule has 0 radical (unpaired) electrons. The van der Waals surface area contributed by atoms with E-state index in [0.29, 0.717) is 6.54 Å². The van der Waals surface area contributed by atoms with Crippen LogP contribution in [0.2, 0.25) is 0 Å². The molecule has 0 fully saturated rings. The Labute approximate surface area is 97.7 Å². The SMILES string of the molecule is COc1cc(C)c(CN(C)CCO)cc1C. The predicted octanol–water partition coefficient (Wildman–Crippen LogP) is 1.74. The Balaban J connectivity index is 2.85. The zero-order valence-corrected chi connectivity index (χ0v) is 10.6.